The van der Waals surface area contributed by atoms with Gasteiger partial charge in [0.05, 0.1) is 6.61 Å². The summed E-state index contributed by atoms with van der Waals surface area (Å²) in [6.45, 7) is 6.44. The maximum Gasteiger partial charge on any atom is 0.326 e. The molecule has 1 aromatic rings. The second-order valence-electron chi connectivity index (χ2n) is 5.63. The van der Waals surface area contributed by atoms with Crippen LogP contribution in [0.3, 0.4) is 0 Å². The van der Waals surface area contributed by atoms with E-state index in [1.165, 1.54) is 16.0 Å². The summed E-state index contributed by atoms with van der Waals surface area (Å²) in [5.74, 6) is -0.247. The summed E-state index contributed by atoms with van der Waals surface area (Å²) < 4.78 is 5.09. The molecule has 0 heterocycles. The summed E-state index contributed by atoms with van der Waals surface area (Å²) in [5, 5.41) is 0.394. The summed E-state index contributed by atoms with van der Waals surface area (Å²) >= 11 is 1.84. The summed E-state index contributed by atoms with van der Waals surface area (Å²) in [6, 6.07) is 6.49. The van der Waals surface area contributed by atoms with E-state index in [1.807, 2.05) is 18.7 Å². The highest BCUT2D eigenvalue weighted by atomic mass is 32.2. The molecule has 1 aliphatic rings. The van der Waals surface area contributed by atoms with E-state index < -0.39 is 5.54 Å². The predicted octanol–water partition coefficient (Wildman–Crippen LogP) is 3.21. The molecular formula is C16H23NO2S. The Morgan fingerprint density at radius 1 is 1.50 bits per heavy atom. The van der Waals surface area contributed by atoms with Gasteiger partial charge in [-0.15, -0.1) is 11.8 Å². The lowest BCUT2D eigenvalue weighted by Gasteiger charge is -2.21. The van der Waals surface area contributed by atoms with Gasteiger partial charge in [0, 0.05) is 10.1 Å². The Bertz CT molecular complexity index is 503. The van der Waals surface area contributed by atoms with Crippen LogP contribution in [0, 0.1) is 13.8 Å². The van der Waals surface area contributed by atoms with Crippen molar-refractivity contribution < 1.29 is 9.53 Å². The number of carbonyl (C=O) groups excluding carboxylic acids is 1. The predicted molar refractivity (Wildman–Crippen MR) is 83.0 cm³/mol. The minimum absolute atomic E-state index is 0.247. The highest BCUT2D eigenvalue weighted by Crippen LogP contribution is 2.40. The molecule has 0 saturated heterocycles. The van der Waals surface area contributed by atoms with Crippen molar-refractivity contribution in [1.82, 2.24) is 0 Å². The second kappa shape index (κ2) is 6.19. The largest absolute Gasteiger partial charge is 0.465 e. The number of hydrogen-bond donors (Lipinski definition) is 1. The number of hydrogen-bond acceptors (Lipinski definition) is 4. The molecule has 2 N–H and O–H groups in total. The van der Waals surface area contributed by atoms with Crippen LogP contribution < -0.4 is 5.73 Å². The minimum atomic E-state index is -0.785. The lowest BCUT2D eigenvalue weighted by atomic mass is 10.00. The van der Waals surface area contributed by atoms with Crippen LogP contribution in [-0.4, -0.2) is 23.4 Å². The van der Waals surface area contributed by atoms with Crippen molar-refractivity contribution in [2.45, 2.75) is 55.7 Å². The molecule has 0 spiro atoms. The molecule has 0 aliphatic heterocycles. The molecule has 20 heavy (non-hydrogen) atoms. The molecule has 1 saturated carbocycles. The van der Waals surface area contributed by atoms with Gasteiger partial charge >= 0.3 is 5.97 Å². The van der Waals surface area contributed by atoms with Gasteiger partial charge in [-0.2, -0.15) is 0 Å². The second-order valence-corrected chi connectivity index (χ2v) is 6.97. The molecule has 110 valence electrons. The molecule has 0 radical (unpaired) electrons. The molecule has 1 fully saturated rings. The Morgan fingerprint density at radius 3 is 2.90 bits per heavy atom. The Hall–Kier alpha value is -1.00. The lowest BCUT2D eigenvalue weighted by Crippen LogP contribution is -2.47. The number of nitrogens with two attached hydrogens (primary N) is 1. The van der Waals surface area contributed by atoms with E-state index in [0.29, 0.717) is 24.7 Å². The first kappa shape index (κ1) is 15.4. The maximum absolute atomic E-state index is 11.9. The van der Waals surface area contributed by atoms with Crippen LogP contribution in [0.25, 0.3) is 0 Å². The van der Waals surface area contributed by atoms with Gasteiger partial charge < -0.3 is 10.5 Å². The number of rotatable bonds is 4. The molecule has 1 aromatic carbocycles. The van der Waals surface area contributed by atoms with Crippen molar-refractivity contribution in [3.63, 3.8) is 0 Å². The van der Waals surface area contributed by atoms with Crippen molar-refractivity contribution in [3.05, 3.63) is 29.3 Å². The van der Waals surface area contributed by atoms with Crippen molar-refractivity contribution >= 4 is 17.7 Å². The Kier molecular flexibility index (Phi) is 4.76. The lowest BCUT2D eigenvalue weighted by molar-refractivity contribution is -0.149. The van der Waals surface area contributed by atoms with Gasteiger partial charge in [0.2, 0.25) is 0 Å². The molecule has 0 aromatic heterocycles. The zero-order chi connectivity index (χ0) is 14.8. The zero-order valence-electron chi connectivity index (χ0n) is 12.4. The van der Waals surface area contributed by atoms with Crippen LogP contribution in [0.15, 0.2) is 23.1 Å². The van der Waals surface area contributed by atoms with E-state index >= 15 is 0 Å². The number of esters is 1. The van der Waals surface area contributed by atoms with Crippen molar-refractivity contribution in [3.8, 4) is 0 Å². The van der Waals surface area contributed by atoms with Gasteiger partial charge in [-0.05, 0) is 51.7 Å². The molecule has 2 atom stereocenters. The third kappa shape index (κ3) is 3.36. The first-order chi connectivity index (χ1) is 9.44. The Labute approximate surface area is 125 Å². The van der Waals surface area contributed by atoms with E-state index in [1.54, 1.807) is 0 Å². The summed E-state index contributed by atoms with van der Waals surface area (Å²) in [7, 11) is 0. The van der Waals surface area contributed by atoms with Gasteiger partial charge in [0.1, 0.15) is 5.54 Å². The number of ether oxygens (including phenoxy) is 1. The van der Waals surface area contributed by atoms with Gasteiger partial charge in [-0.1, -0.05) is 17.7 Å². The van der Waals surface area contributed by atoms with E-state index in [0.717, 1.165) is 6.42 Å². The van der Waals surface area contributed by atoms with Crippen LogP contribution in [-0.2, 0) is 9.53 Å². The molecule has 2 unspecified atom stereocenters. The summed E-state index contributed by atoms with van der Waals surface area (Å²) in [5.41, 5.74) is 7.99. The van der Waals surface area contributed by atoms with Crippen molar-refractivity contribution in [1.29, 1.82) is 0 Å². The third-order valence-electron chi connectivity index (χ3n) is 3.81. The van der Waals surface area contributed by atoms with E-state index in [4.69, 9.17) is 10.5 Å². The van der Waals surface area contributed by atoms with Crippen LogP contribution in [0.2, 0.25) is 0 Å². The fraction of sp³-hybridized carbons (Fsp3) is 0.562. The SMILES string of the molecule is CCOC(=O)C1(N)CCC(Sc2ccc(C)cc2C)C1. The Morgan fingerprint density at radius 2 is 2.25 bits per heavy atom. The standard InChI is InChI=1S/C16H23NO2S/c1-4-19-15(18)16(17)8-7-13(10-16)20-14-6-5-11(2)9-12(14)3/h5-6,9,13H,4,7-8,10,17H2,1-3H3. The first-order valence-corrected chi connectivity index (χ1v) is 8.02. The van der Waals surface area contributed by atoms with Crippen LogP contribution in [0.4, 0.5) is 0 Å². The molecule has 4 heteroatoms. The van der Waals surface area contributed by atoms with Crippen molar-refractivity contribution in [2.75, 3.05) is 6.61 Å². The van der Waals surface area contributed by atoms with Crippen LogP contribution >= 0.6 is 11.8 Å². The summed E-state index contributed by atoms with van der Waals surface area (Å²) in [4.78, 5) is 13.2. The van der Waals surface area contributed by atoms with E-state index in [2.05, 4.69) is 32.0 Å². The molecule has 0 amide bonds. The fourth-order valence-electron chi connectivity index (χ4n) is 2.70. The maximum atomic E-state index is 11.9. The number of aryl methyl sites for hydroxylation is 2. The topological polar surface area (TPSA) is 52.3 Å². The first-order valence-electron chi connectivity index (χ1n) is 7.14. The van der Waals surface area contributed by atoms with Crippen LogP contribution in [0.1, 0.15) is 37.3 Å². The summed E-state index contributed by atoms with van der Waals surface area (Å²) in [6.07, 6.45) is 2.38. The fourth-order valence-corrected chi connectivity index (χ4v) is 4.07. The average Bonchev–Trinajstić information content (AvgIpc) is 2.76. The Balaban J connectivity index is 2.01. The quantitative estimate of drug-likeness (QED) is 0.866. The molecule has 0 bridgehead atoms. The van der Waals surface area contributed by atoms with Gasteiger partial charge in [0.25, 0.3) is 0 Å². The van der Waals surface area contributed by atoms with Gasteiger partial charge in [0.15, 0.2) is 0 Å². The average molecular weight is 293 g/mol. The van der Waals surface area contributed by atoms with E-state index in [-0.39, 0.29) is 5.97 Å². The van der Waals surface area contributed by atoms with E-state index in [9.17, 15) is 4.79 Å². The highest BCUT2D eigenvalue weighted by Gasteiger charge is 2.43. The van der Waals surface area contributed by atoms with Crippen molar-refractivity contribution in [2.24, 2.45) is 5.73 Å². The van der Waals surface area contributed by atoms with Gasteiger partial charge in [-0.3, -0.25) is 4.79 Å². The smallest absolute Gasteiger partial charge is 0.326 e. The highest BCUT2D eigenvalue weighted by molar-refractivity contribution is 8.00. The molecule has 2 rings (SSSR count). The normalized spacial score (nSPS) is 25.7. The zero-order valence-corrected chi connectivity index (χ0v) is 13.3. The number of benzene rings is 1. The van der Waals surface area contributed by atoms with Gasteiger partial charge in [-0.25, -0.2) is 0 Å². The number of carbonyl (C=O) groups is 1. The minimum Gasteiger partial charge on any atom is -0.465 e. The molecule has 3 nitrogen and oxygen atoms in total. The molecular weight excluding hydrogens is 270 g/mol. The number of thioether (sulfide) groups is 1. The molecule has 1 aliphatic carbocycles. The monoisotopic (exact) mass is 293 g/mol. The third-order valence-corrected chi connectivity index (χ3v) is 5.26. The van der Waals surface area contributed by atoms with Crippen LogP contribution in [0.5, 0.6) is 0 Å².